The van der Waals surface area contributed by atoms with E-state index in [1.54, 1.807) is 19.2 Å². The average molecular weight is 367 g/mol. The van der Waals surface area contributed by atoms with Crippen molar-refractivity contribution in [1.29, 1.82) is 5.26 Å². The molecule has 2 aromatic rings. The van der Waals surface area contributed by atoms with Gasteiger partial charge in [0, 0.05) is 23.9 Å². The van der Waals surface area contributed by atoms with Gasteiger partial charge >= 0.3 is 0 Å². The number of anilines is 2. The Morgan fingerprint density at radius 2 is 2.05 bits per heavy atom. The summed E-state index contributed by atoms with van der Waals surface area (Å²) < 4.78 is 27.8. The van der Waals surface area contributed by atoms with Gasteiger partial charge in [0.1, 0.15) is 4.90 Å². The molecule has 0 bridgehead atoms. The van der Waals surface area contributed by atoms with E-state index in [1.807, 2.05) is 6.07 Å². The van der Waals surface area contributed by atoms with Crippen LogP contribution in [0, 0.1) is 11.3 Å². The number of sulfonamides is 1. The molecule has 1 aromatic heterocycles. The molecular weight excluding hydrogens is 356 g/mol. The Morgan fingerprint density at radius 1 is 1.29 bits per heavy atom. The van der Waals surface area contributed by atoms with E-state index >= 15 is 0 Å². The highest BCUT2D eigenvalue weighted by molar-refractivity contribution is 9.10. The minimum atomic E-state index is -3.79. The lowest BCUT2D eigenvalue weighted by Gasteiger charge is -2.12. The second kappa shape index (κ2) is 6.11. The lowest BCUT2D eigenvalue weighted by atomic mass is 10.2. The van der Waals surface area contributed by atoms with Crippen LogP contribution in [0.3, 0.4) is 0 Å². The first kappa shape index (κ1) is 15.3. The quantitative estimate of drug-likeness (QED) is 0.866. The summed E-state index contributed by atoms with van der Waals surface area (Å²) in [6, 6.07) is 8.15. The van der Waals surface area contributed by atoms with Crippen LogP contribution in [0.25, 0.3) is 0 Å². The summed E-state index contributed by atoms with van der Waals surface area (Å²) in [6.45, 7) is 0. The minimum Gasteiger partial charge on any atom is -0.387 e. The van der Waals surface area contributed by atoms with Gasteiger partial charge in [-0.2, -0.15) is 5.26 Å². The Labute approximate surface area is 131 Å². The molecule has 0 aliphatic rings. The zero-order chi connectivity index (χ0) is 15.5. The third-order valence-corrected chi connectivity index (χ3v) is 4.73. The maximum absolute atomic E-state index is 12.4. The monoisotopic (exact) mass is 366 g/mol. The molecule has 0 fully saturated rings. The van der Waals surface area contributed by atoms with Gasteiger partial charge in [-0.25, -0.2) is 8.42 Å². The van der Waals surface area contributed by atoms with Crippen LogP contribution in [0.5, 0.6) is 0 Å². The second-order valence-electron chi connectivity index (χ2n) is 4.03. The van der Waals surface area contributed by atoms with Gasteiger partial charge in [0.05, 0.1) is 23.0 Å². The minimum absolute atomic E-state index is 0.0451. The molecule has 0 radical (unpaired) electrons. The van der Waals surface area contributed by atoms with E-state index < -0.39 is 10.0 Å². The molecule has 21 heavy (non-hydrogen) atoms. The number of nitrogens with zero attached hydrogens (tertiary/aromatic N) is 2. The number of hydrogen-bond acceptors (Lipinski definition) is 5. The molecular formula is C13H11BrN4O2S. The maximum atomic E-state index is 12.4. The van der Waals surface area contributed by atoms with Gasteiger partial charge < -0.3 is 5.32 Å². The van der Waals surface area contributed by atoms with Gasteiger partial charge in [-0.1, -0.05) is 0 Å². The Hall–Kier alpha value is -2.11. The molecule has 0 atom stereocenters. The van der Waals surface area contributed by atoms with Crippen LogP contribution >= 0.6 is 15.9 Å². The number of nitrogens with one attached hydrogen (secondary N) is 2. The molecule has 8 heteroatoms. The van der Waals surface area contributed by atoms with Crippen LogP contribution in [0.4, 0.5) is 11.4 Å². The van der Waals surface area contributed by atoms with E-state index in [0.29, 0.717) is 21.4 Å². The lowest BCUT2D eigenvalue weighted by Crippen LogP contribution is -2.15. The highest BCUT2D eigenvalue weighted by Gasteiger charge is 2.19. The van der Waals surface area contributed by atoms with Crippen molar-refractivity contribution in [2.24, 2.45) is 0 Å². The van der Waals surface area contributed by atoms with Crippen molar-refractivity contribution < 1.29 is 8.42 Å². The largest absolute Gasteiger partial charge is 0.387 e. The topological polar surface area (TPSA) is 94.9 Å². The summed E-state index contributed by atoms with van der Waals surface area (Å²) in [5.74, 6) is 0. The van der Waals surface area contributed by atoms with E-state index in [-0.39, 0.29) is 4.90 Å². The number of nitriles is 1. The van der Waals surface area contributed by atoms with Gasteiger partial charge in [0.15, 0.2) is 0 Å². The van der Waals surface area contributed by atoms with Crippen molar-refractivity contribution in [1.82, 2.24) is 4.98 Å². The standard InChI is InChI=1S/C13H11BrN4O2S/c1-16-12-4-5-17-8-13(12)21(19,20)18-11-3-2-9(7-15)6-10(11)14/h2-6,8,18H,1H3,(H,16,17). The van der Waals surface area contributed by atoms with Crippen molar-refractivity contribution in [3.05, 3.63) is 46.7 Å². The molecule has 0 saturated heterocycles. The SMILES string of the molecule is CNc1ccncc1S(=O)(=O)Nc1ccc(C#N)cc1Br. The fourth-order valence-corrected chi connectivity index (χ4v) is 3.51. The normalized spacial score (nSPS) is 10.7. The summed E-state index contributed by atoms with van der Waals surface area (Å²) >= 11 is 3.24. The summed E-state index contributed by atoms with van der Waals surface area (Å²) in [5, 5.41) is 11.6. The molecule has 6 nitrogen and oxygen atoms in total. The average Bonchev–Trinajstić information content (AvgIpc) is 2.49. The lowest BCUT2D eigenvalue weighted by molar-refractivity contribution is 0.601. The highest BCUT2D eigenvalue weighted by Crippen LogP contribution is 2.27. The van der Waals surface area contributed by atoms with E-state index in [0.717, 1.165) is 0 Å². The molecule has 1 aromatic carbocycles. The molecule has 0 unspecified atom stereocenters. The summed E-state index contributed by atoms with van der Waals surface area (Å²) in [4.78, 5) is 3.88. The molecule has 1 heterocycles. The summed E-state index contributed by atoms with van der Waals surface area (Å²) in [6.07, 6.45) is 2.77. The van der Waals surface area contributed by atoms with Crippen LogP contribution < -0.4 is 10.0 Å². The van der Waals surface area contributed by atoms with E-state index in [9.17, 15) is 8.42 Å². The number of hydrogen-bond donors (Lipinski definition) is 2. The predicted octanol–water partition coefficient (Wildman–Crippen LogP) is 2.56. The van der Waals surface area contributed by atoms with E-state index in [2.05, 4.69) is 31.0 Å². The molecule has 0 aliphatic heterocycles. The van der Waals surface area contributed by atoms with Crippen LogP contribution in [0.2, 0.25) is 0 Å². The molecule has 2 rings (SSSR count). The zero-order valence-corrected chi connectivity index (χ0v) is 13.4. The Kier molecular flexibility index (Phi) is 4.45. The Bertz CT molecular complexity index is 815. The van der Waals surface area contributed by atoms with Crippen molar-refractivity contribution >= 4 is 37.3 Å². The number of rotatable bonds is 4. The van der Waals surface area contributed by atoms with Gasteiger partial charge in [0.25, 0.3) is 10.0 Å². The number of halogens is 1. The first-order valence-corrected chi connectivity index (χ1v) is 8.10. The fourth-order valence-electron chi connectivity index (χ4n) is 1.67. The van der Waals surface area contributed by atoms with Gasteiger partial charge in [0.2, 0.25) is 0 Å². The molecule has 0 saturated carbocycles. The molecule has 2 N–H and O–H groups in total. The van der Waals surface area contributed by atoms with Crippen LogP contribution in [0.15, 0.2) is 46.0 Å². The third-order valence-electron chi connectivity index (χ3n) is 2.69. The zero-order valence-electron chi connectivity index (χ0n) is 11.0. The van der Waals surface area contributed by atoms with E-state index in [4.69, 9.17) is 5.26 Å². The first-order chi connectivity index (χ1) is 9.97. The Morgan fingerprint density at radius 3 is 2.67 bits per heavy atom. The third kappa shape index (κ3) is 3.32. The number of benzene rings is 1. The van der Waals surface area contributed by atoms with Crippen LogP contribution in [0.1, 0.15) is 5.56 Å². The Balaban J connectivity index is 2.41. The smallest absolute Gasteiger partial charge is 0.265 e. The first-order valence-electron chi connectivity index (χ1n) is 5.82. The van der Waals surface area contributed by atoms with Crippen molar-refractivity contribution in [2.75, 3.05) is 17.1 Å². The van der Waals surface area contributed by atoms with Gasteiger partial charge in [-0.15, -0.1) is 0 Å². The highest BCUT2D eigenvalue weighted by atomic mass is 79.9. The van der Waals surface area contributed by atoms with Crippen LogP contribution in [-0.4, -0.2) is 20.4 Å². The van der Waals surface area contributed by atoms with Gasteiger partial charge in [-0.05, 0) is 40.2 Å². The van der Waals surface area contributed by atoms with Crippen molar-refractivity contribution in [3.8, 4) is 6.07 Å². The maximum Gasteiger partial charge on any atom is 0.265 e. The molecule has 0 amide bonds. The fraction of sp³-hybridized carbons (Fsp3) is 0.0769. The van der Waals surface area contributed by atoms with Crippen LogP contribution in [-0.2, 0) is 10.0 Å². The van der Waals surface area contributed by atoms with Crippen molar-refractivity contribution in [2.45, 2.75) is 4.90 Å². The van der Waals surface area contributed by atoms with Crippen molar-refractivity contribution in [3.63, 3.8) is 0 Å². The number of pyridine rings is 1. The van der Waals surface area contributed by atoms with E-state index in [1.165, 1.54) is 24.5 Å². The van der Waals surface area contributed by atoms with Gasteiger partial charge in [-0.3, -0.25) is 9.71 Å². The molecule has 0 spiro atoms. The summed E-state index contributed by atoms with van der Waals surface area (Å²) in [7, 11) is -2.16. The number of aromatic nitrogens is 1. The summed E-state index contributed by atoms with van der Waals surface area (Å²) in [5.41, 5.74) is 1.23. The predicted molar refractivity (Wildman–Crippen MR) is 83.4 cm³/mol. The molecule has 0 aliphatic carbocycles. The second-order valence-corrected chi connectivity index (χ2v) is 6.54. The molecule has 108 valence electrons.